The Bertz CT molecular complexity index is 459. The molecule has 1 aromatic rings. The molecule has 5 heteroatoms. The van der Waals surface area contributed by atoms with Crippen molar-refractivity contribution in [1.82, 2.24) is 10.6 Å². The van der Waals surface area contributed by atoms with E-state index in [-0.39, 0.29) is 18.7 Å². The van der Waals surface area contributed by atoms with Gasteiger partial charge in [0.2, 0.25) is 0 Å². The lowest BCUT2D eigenvalue weighted by molar-refractivity contribution is 0.0460. The van der Waals surface area contributed by atoms with Gasteiger partial charge in [0.15, 0.2) is 0 Å². The highest BCUT2D eigenvalue weighted by Crippen LogP contribution is 2.19. The van der Waals surface area contributed by atoms with Crippen LogP contribution in [0.1, 0.15) is 56.6 Å². The van der Waals surface area contributed by atoms with Crippen molar-refractivity contribution in [2.75, 3.05) is 19.8 Å². The summed E-state index contributed by atoms with van der Waals surface area (Å²) in [5.41, 5.74) is 0.997. The summed E-state index contributed by atoms with van der Waals surface area (Å²) in [6, 6.07) is 9.30. The second kappa shape index (κ2) is 11.0. The Kier molecular flexibility index (Phi) is 8.63. The Hall–Kier alpha value is -1.59. The van der Waals surface area contributed by atoms with Crippen molar-refractivity contribution in [3.8, 4) is 0 Å². The fourth-order valence-corrected chi connectivity index (χ4v) is 3.14. The van der Waals surface area contributed by atoms with Gasteiger partial charge < -0.3 is 20.5 Å². The zero-order chi connectivity index (χ0) is 17.0. The van der Waals surface area contributed by atoms with Crippen LogP contribution in [0.25, 0.3) is 0 Å². The normalized spacial score (nSPS) is 17.0. The Morgan fingerprint density at radius 2 is 1.88 bits per heavy atom. The van der Waals surface area contributed by atoms with Gasteiger partial charge in [-0.05, 0) is 24.8 Å². The highest BCUT2D eigenvalue weighted by atomic mass is 16.5. The van der Waals surface area contributed by atoms with Crippen LogP contribution in [-0.2, 0) is 4.74 Å². The number of nitrogens with one attached hydrogen (secondary N) is 2. The van der Waals surface area contributed by atoms with Crippen molar-refractivity contribution < 1.29 is 14.6 Å². The first-order valence-corrected chi connectivity index (χ1v) is 9.11. The van der Waals surface area contributed by atoms with Crippen molar-refractivity contribution in [2.45, 2.75) is 57.1 Å². The fourth-order valence-electron chi connectivity index (χ4n) is 3.14. The van der Waals surface area contributed by atoms with E-state index < -0.39 is 0 Å². The minimum atomic E-state index is -0.221. The number of carbonyl (C=O) groups is 1. The molecule has 5 nitrogen and oxygen atoms in total. The number of urea groups is 1. The molecule has 0 unspecified atom stereocenters. The van der Waals surface area contributed by atoms with Crippen molar-refractivity contribution in [3.63, 3.8) is 0 Å². The van der Waals surface area contributed by atoms with E-state index in [2.05, 4.69) is 10.6 Å². The lowest BCUT2D eigenvalue weighted by Gasteiger charge is -2.19. The van der Waals surface area contributed by atoms with E-state index in [9.17, 15) is 9.90 Å². The number of hydrogen-bond donors (Lipinski definition) is 3. The molecule has 1 atom stereocenters. The molecular weight excluding hydrogens is 304 g/mol. The summed E-state index contributed by atoms with van der Waals surface area (Å²) in [5.74, 6) is 0. The van der Waals surface area contributed by atoms with Crippen LogP contribution in [0.4, 0.5) is 4.79 Å². The predicted octanol–water partition coefficient (Wildman–Crippen LogP) is 3.15. The van der Waals surface area contributed by atoms with Gasteiger partial charge in [-0.3, -0.25) is 0 Å². The molecule has 0 aliphatic heterocycles. The molecule has 0 spiro atoms. The molecule has 0 saturated heterocycles. The van der Waals surface area contributed by atoms with Crippen LogP contribution in [0.2, 0.25) is 0 Å². The number of carbonyl (C=O) groups excluding carboxylic acids is 1. The topological polar surface area (TPSA) is 70.6 Å². The van der Waals surface area contributed by atoms with Crippen molar-refractivity contribution in [2.24, 2.45) is 0 Å². The Labute approximate surface area is 144 Å². The molecule has 0 aromatic heterocycles. The number of aliphatic hydroxyl groups is 1. The average molecular weight is 334 g/mol. The van der Waals surface area contributed by atoms with E-state index >= 15 is 0 Å². The number of benzene rings is 1. The first-order chi connectivity index (χ1) is 11.8. The SMILES string of the molecule is O=C(NCCOC1CCCCCC1)N[C@H](CCO)c1ccccc1. The average Bonchev–Trinajstić information content (AvgIpc) is 2.88. The third kappa shape index (κ3) is 6.89. The minimum Gasteiger partial charge on any atom is -0.396 e. The van der Waals surface area contributed by atoms with E-state index in [0.29, 0.717) is 25.7 Å². The van der Waals surface area contributed by atoms with E-state index in [1.807, 2.05) is 30.3 Å². The fraction of sp³-hybridized carbons (Fsp3) is 0.632. The third-order valence-corrected chi connectivity index (χ3v) is 4.47. The Morgan fingerprint density at radius 1 is 1.17 bits per heavy atom. The molecule has 1 aliphatic carbocycles. The molecule has 2 amide bonds. The molecule has 0 heterocycles. The third-order valence-electron chi connectivity index (χ3n) is 4.47. The summed E-state index contributed by atoms with van der Waals surface area (Å²) in [5, 5.41) is 15.0. The number of hydrogen-bond acceptors (Lipinski definition) is 3. The smallest absolute Gasteiger partial charge is 0.315 e. The maximum absolute atomic E-state index is 12.0. The van der Waals surface area contributed by atoms with E-state index in [1.165, 1.54) is 25.7 Å². The van der Waals surface area contributed by atoms with Crippen LogP contribution < -0.4 is 10.6 Å². The first-order valence-electron chi connectivity index (χ1n) is 9.11. The zero-order valence-corrected chi connectivity index (χ0v) is 14.4. The number of amides is 2. The Morgan fingerprint density at radius 3 is 2.54 bits per heavy atom. The van der Waals surface area contributed by atoms with Crippen LogP contribution in [0, 0.1) is 0 Å². The summed E-state index contributed by atoms with van der Waals surface area (Å²) in [6.07, 6.45) is 8.24. The number of ether oxygens (including phenoxy) is 1. The van der Waals surface area contributed by atoms with Crippen LogP contribution in [0.3, 0.4) is 0 Å². The number of rotatable bonds is 8. The molecule has 1 fully saturated rings. The van der Waals surface area contributed by atoms with Gasteiger partial charge in [-0.25, -0.2) is 4.79 Å². The molecule has 1 aliphatic rings. The summed E-state index contributed by atoms with van der Waals surface area (Å²) in [4.78, 5) is 12.0. The van der Waals surface area contributed by atoms with Gasteiger partial charge in [-0.2, -0.15) is 0 Å². The summed E-state index contributed by atoms with van der Waals surface area (Å²) in [7, 11) is 0. The summed E-state index contributed by atoms with van der Waals surface area (Å²) in [6.45, 7) is 1.09. The first kappa shape index (κ1) is 18.7. The van der Waals surface area contributed by atoms with Gasteiger partial charge in [0.1, 0.15) is 0 Å². The quantitative estimate of drug-likeness (QED) is 0.505. The van der Waals surface area contributed by atoms with Crippen molar-refractivity contribution in [1.29, 1.82) is 0 Å². The molecule has 24 heavy (non-hydrogen) atoms. The molecule has 1 aromatic carbocycles. The number of aliphatic hydroxyl groups excluding tert-OH is 1. The second-order valence-electron chi connectivity index (χ2n) is 6.36. The highest BCUT2D eigenvalue weighted by molar-refractivity contribution is 5.74. The van der Waals surface area contributed by atoms with Gasteiger partial charge >= 0.3 is 6.03 Å². The van der Waals surface area contributed by atoms with Crippen LogP contribution in [0.15, 0.2) is 30.3 Å². The maximum atomic E-state index is 12.0. The lowest BCUT2D eigenvalue weighted by Crippen LogP contribution is -2.40. The van der Waals surface area contributed by atoms with Crippen molar-refractivity contribution in [3.05, 3.63) is 35.9 Å². The largest absolute Gasteiger partial charge is 0.396 e. The molecule has 134 valence electrons. The van der Waals surface area contributed by atoms with Gasteiger partial charge in [0.25, 0.3) is 0 Å². The van der Waals surface area contributed by atoms with Gasteiger partial charge in [-0.1, -0.05) is 56.0 Å². The summed E-state index contributed by atoms with van der Waals surface area (Å²) >= 11 is 0. The molecule has 2 rings (SSSR count). The molecule has 0 bridgehead atoms. The van der Waals surface area contributed by atoms with E-state index in [0.717, 1.165) is 18.4 Å². The van der Waals surface area contributed by atoms with Crippen LogP contribution in [0.5, 0.6) is 0 Å². The molecule has 1 saturated carbocycles. The van der Waals surface area contributed by atoms with E-state index in [4.69, 9.17) is 4.74 Å². The predicted molar refractivity (Wildman–Crippen MR) is 94.9 cm³/mol. The summed E-state index contributed by atoms with van der Waals surface area (Å²) < 4.78 is 5.87. The van der Waals surface area contributed by atoms with Crippen molar-refractivity contribution >= 4 is 6.03 Å². The van der Waals surface area contributed by atoms with E-state index in [1.54, 1.807) is 0 Å². The second-order valence-corrected chi connectivity index (χ2v) is 6.36. The monoisotopic (exact) mass is 334 g/mol. The van der Waals surface area contributed by atoms with Gasteiger partial charge in [0, 0.05) is 13.2 Å². The minimum absolute atomic E-state index is 0.0324. The van der Waals surface area contributed by atoms with Crippen LogP contribution >= 0.6 is 0 Å². The standard InChI is InChI=1S/C19H30N2O3/c22-14-12-18(16-8-4-3-5-9-16)21-19(23)20-13-15-24-17-10-6-1-2-7-11-17/h3-5,8-9,17-18,22H,1-2,6-7,10-15H2,(H2,20,21,23)/t18-/m1/s1. The zero-order valence-electron chi connectivity index (χ0n) is 14.4. The maximum Gasteiger partial charge on any atom is 0.315 e. The molecule has 0 radical (unpaired) electrons. The lowest BCUT2D eigenvalue weighted by atomic mass is 10.0. The highest BCUT2D eigenvalue weighted by Gasteiger charge is 2.14. The van der Waals surface area contributed by atoms with Gasteiger partial charge in [-0.15, -0.1) is 0 Å². The molecular formula is C19H30N2O3. The molecule has 3 N–H and O–H groups in total. The van der Waals surface area contributed by atoms with Gasteiger partial charge in [0.05, 0.1) is 18.8 Å². The Balaban J connectivity index is 1.67. The van der Waals surface area contributed by atoms with Crippen LogP contribution in [-0.4, -0.2) is 37.0 Å².